The highest BCUT2D eigenvalue weighted by Crippen LogP contribution is 2.65. The SMILES string of the molecule is CC12CCCC1C1/C(=N/O)CC3CCCCC3(C)C1CC2. The number of hydrogen-bond donors (Lipinski definition) is 1. The molecule has 1 N–H and O–H groups in total. The standard InChI is InChI=1S/C19H31NO/c1-18-9-5-7-14(18)17-15(8-11-18)19(2)10-4-3-6-13(19)12-16(17)20-21/h13-15,17,21H,3-12H2,1-2H3/b20-16+. The summed E-state index contributed by atoms with van der Waals surface area (Å²) in [4.78, 5) is 0. The van der Waals surface area contributed by atoms with Gasteiger partial charge in [0.2, 0.25) is 0 Å². The van der Waals surface area contributed by atoms with Gasteiger partial charge in [0.05, 0.1) is 5.71 Å². The Kier molecular flexibility index (Phi) is 3.17. The summed E-state index contributed by atoms with van der Waals surface area (Å²) < 4.78 is 0. The fraction of sp³-hybridized carbons (Fsp3) is 0.947. The molecule has 0 spiro atoms. The lowest BCUT2D eigenvalue weighted by Gasteiger charge is -2.59. The fourth-order valence-electron chi connectivity index (χ4n) is 7.08. The lowest BCUT2D eigenvalue weighted by atomic mass is 9.45. The van der Waals surface area contributed by atoms with Crippen molar-refractivity contribution in [2.45, 2.75) is 78.1 Å². The van der Waals surface area contributed by atoms with E-state index in [2.05, 4.69) is 19.0 Å². The van der Waals surface area contributed by atoms with Crippen molar-refractivity contribution in [2.75, 3.05) is 0 Å². The van der Waals surface area contributed by atoms with Crippen LogP contribution in [-0.4, -0.2) is 10.9 Å². The largest absolute Gasteiger partial charge is 0.411 e. The van der Waals surface area contributed by atoms with Crippen LogP contribution in [0.4, 0.5) is 0 Å². The van der Waals surface area contributed by atoms with E-state index in [4.69, 9.17) is 0 Å². The van der Waals surface area contributed by atoms with Crippen LogP contribution in [0.2, 0.25) is 0 Å². The Bertz CT molecular complexity index is 458. The molecule has 2 heteroatoms. The first kappa shape index (κ1) is 14.1. The number of fused-ring (bicyclic) bond motifs is 5. The maximum Gasteiger partial charge on any atom is 0.0610 e. The maximum atomic E-state index is 9.70. The average molecular weight is 289 g/mol. The van der Waals surface area contributed by atoms with Gasteiger partial charge in [-0.2, -0.15) is 0 Å². The van der Waals surface area contributed by atoms with E-state index in [1.54, 1.807) is 0 Å². The van der Waals surface area contributed by atoms with Crippen LogP contribution in [0.1, 0.15) is 78.1 Å². The molecule has 6 unspecified atom stereocenters. The summed E-state index contributed by atoms with van der Waals surface area (Å²) in [6, 6.07) is 0. The van der Waals surface area contributed by atoms with Gasteiger partial charge in [-0.05, 0) is 73.5 Å². The second-order valence-electron chi connectivity index (χ2n) is 9.07. The molecular formula is C19H31NO. The predicted octanol–water partition coefficient (Wildman–Crippen LogP) is 5.25. The first-order valence-electron chi connectivity index (χ1n) is 9.29. The maximum absolute atomic E-state index is 9.70. The number of hydrogen-bond acceptors (Lipinski definition) is 2. The molecule has 0 aromatic carbocycles. The minimum atomic E-state index is 0.529. The highest BCUT2D eigenvalue weighted by molar-refractivity contribution is 5.88. The van der Waals surface area contributed by atoms with Crippen molar-refractivity contribution in [3.05, 3.63) is 0 Å². The van der Waals surface area contributed by atoms with E-state index in [1.165, 1.54) is 63.5 Å². The Morgan fingerprint density at radius 1 is 0.952 bits per heavy atom. The number of nitrogens with zero attached hydrogens (tertiary/aromatic N) is 1. The Hall–Kier alpha value is -0.530. The van der Waals surface area contributed by atoms with E-state index in [-0.39, 0.29) is 0 Å². The first-order chi connectivity index (χ1) is 10.1. The highest BCUT2D eigenvalue weighted by Gasteiger charge is 2.59. The van der Waals surface area contributed by atoms with Crippen LogP contribution in [-0.2, 0) is 0 Å². The van der Waals surface area contributed by atoms with Crippen molar-refractivity contribution >= 4 is 5.71 Å². The van der Waals surface area contributed by atoms with Gasteiger partial charge in [0.25, 0.3) is 0 Å². The van der Waals surface area contributed by atoms with Crippen molar-refractivity contribution < 1.29 is 5.21 Å². The van der Waals surface area contributed by atoms with Crippen LogP contribution in [0.3, 0.4) is 0 Å². The Labute approximate surface area is 129 Å². The van der Waals surface area contributed by atoms with Crippen LogP contribution in [0.15, 0.2) is 5.16 Å². The highest BCUT2D eigenvalue weighted by atomic mass is 16.4. The van der Waals surface area contributed by atoms with E-state index >= 15 is 0 Å². The molecule has 0 amide bonds. The normalized spacial score (nSPS) is 54.9. The lowest BCUT2D eigenvalue weighted by molar-refractivity contribution is -0.0580. The van der Waals surface area contributed by atoms with Gasteiger partial charge in [-0.3, -0.25) is 0 Å². The first-order valence-corrected chi connectivity index (χ1v) is 9.29. The van der Waals surface area contributed by atoms with Crippen LogP contribution < -0.4 is 0 Å². The van der Waals surface area contributed by atoms with Gasteiger partial charge in [0.1, 0.15) is 0 Å². The van der Waals surface area contributed by atoms with Gasteiger partial charge in [-0.25, -0.2) is 0 Å². The summed E-state index contributed by atoms with van der Waals surface area (Å²) in [6.45, 7) is 5.10. The molecule has 0 bridgehead atoms. The average Bonchev–Trinajstić information content (AvgIpc) is 2.87. The summed E-state index contributed by atoms with van der Waals surface area (Å²) >= 11 is 0. The molecular weight excluding hydrogens is 258 g/mol. The molecule has 4 rings (SSSR count). The Morgan fingerprint density at radius 2 is 1.81 bits per heavy atom. The zero-order valence-electron chi connectivity index (χ0n) is 13.8. The molecule has 0 aromatic heterocycles. The van der Waals surface area contributed by atoms with Gasteiger partial charge >= 0.3 is 0 Å². The van der Waals surface area contributed by atoms with E-state index < -0.39 is 0 Å². The number of oxime groups is 1. The molecule has 4 aliphatic carbocycles. The molecule has 4 aliphatic rings. The van der Waals surface area contributed by atoms with Gasteiger partial charge < -0.3 is 5.21 Å². The van der Waals surface area contributed by atoms with Crippen molar-refractivity contribution in [2.24, 2.45) is 39.7 Å². The third-order valence-corrected chi connectivity index (χ3v) is 8.32. The zero-order valence-corrected chi connectivity index (χ0v) is 13.8. The van der Waals surface area contributed by atoms with Crippen molar-refractivity contribution in [1.82, 2.24) is 0 Å². The molecule has 0 saturated heterocycles. The van der Waals surface area contributed by atoms with Crippen molar-refractivity contribution in [1.29, 1.82) is 0 Å². The Morgan fingerprint density at radius 3 is 2.62 bits per heavy atom. The fourth-order valence-corrected chi connectivity index (χ4v) is 7.08. The molecule has 0 radical (unpaired) electrons. The second-order valence-corrected chi connectivity index (χ2v) is 9.07. The molecule has 2 nitrogen and oxygen atoms in total. The zero-order chi connectivity index (χ0) is 14.7. The smallest absolute Gasteiger partial charge is 0.0610 e. The molecule has 118 valence electrons. The van der Waals surface area contributed by atoms with Gasteiger partial charge in [0, 0.05) is 5.92 Å². The van der Waals surface area contributed by atoms with Crippen LogP contribution in [0.25, 0.3) is 0 Å². The van der Waals surface area contributed by atoms with E-state index in [1.807, 2.05) is 0 Å². The minimum absolute atomic E-state index is 0.529. The van der Waals surface area contributed by atoms with Gasteiger partial charge in [-0.15, -0.1) is 0 Å². The third kappa shape index (κ3) is 1.86. The van der Waals surface area contributed by atoms with Crippen LogP contribution >= 0.6 is 0 Å². The van der Waals surface area contributed by atoms with Gasteiger partial charge in [-0.1, -0.05) is 38.3 Å². The quantitative estimate of drug-likeness (QED) is 0.479. The molecule has 4 saturated carbocycles. The molecule has 4 fully saturated rings. The van der Waals surface area contributed by atoms with Crippen molar-refractivity contribution in [3.63, 3.8) is 0 Å². The summed E-state index contributed by atoms with van der Waals surface area (Å²) in [7, 11) is 0. The van der Waals surface area contributed by atoms with Gasteiger partial charge in [0.15, 0.2) is 0 Å². The second kappa shape index (κ2) is 4.73. The monoisotopic (exact) mass is 289 g/mol. The minimum Gasteiger partial charge on any atom is -0.411 e. The van der Waals surface area contributed by atoms with Crippen molar-refractivity contribution in [3.8, 4) is 0 Å². The third-order valence-electron chi connectivity index (χ3n) is 8.32. The molecule has 0 heterocycles. The molecule has 0 aliphatic heterocycles. The summed E-state index contributed by atoms with van der Waals surface area (Å²) in [5, 5.41) is 13.6. The number of rotatable bonds is 0. The van der Waals surface area contributed by atoms with E-state index in [0.717, 1.165) is 24.2 Å². The summed E-state index contributed by atoms with van der Waals surface area (Å²) in [6.07, 6.45) is 13.6. The Balaban J connectivity index is 1.74. The van der Waals surface area contributed by atoms with Crippen LogP contribution in [0.5, 0.6) is 0 Å². The van der Waals surface area contributed by atoms with Crippen LogP contribution in [0, 0.1) is 34.5 Å². The molecule has 6 atom stereocenters. The lowest BCUT2D eigenvalue weighted by Crippen LogP contribution is -2.55. The van der Waals surface area contributed by atoms with E-state index in [9.17, 15) is 5.21 Å². The summed E-state index contributed by atoms with van der Waals surface area (Å²) in [5.74, 6) is 2.96. The van der Waals surface area contributed by atoms with E-state index in [0.29, 0.717) is 16.7 Å². The predicted molar refractivity (Wildman–Crippen MR) is 85.6 cm³/mol. The molecule has 21 heavy (non-hydrogen) atoms. The topological polar surface area (TPSA) is 32.6 Å². The molecule has 0 aromatic rings. The summed E-state index contributed by atoms with van der Waals surface area (Å²) in [5.41, 5.74) is 2.25.